The zero-order valence-electron chi connectivity index (χ0n) is 20.7. The Kier molecular flexibility index (Phi) is 6.78. The number of ether oxygens (including phenoxy) is 2. The van der Waals surface area contributed by atoms with Gasteiger partial charge in [0.2, 0.25) is 0 Å². The summed E-state index contributed by atoms with van der Waals surface area (Å²) >= 11 is 5.85. The fourth-order valence-electron chi connectivity index (χ4n) is 5.08. The molecule has 0 radical (unpaired) electrons. The smallest absolute Gasteiger partial charge is 0.335 e. The molecule has 2 aliphatic heterocycles. The zero-order valence-corrected chi connectivity index (χ0v) is 21.5. The first kappa shape index (κ1) is 24.9. The van der Waals surface area contributed by atoms with Crippen LogP contribution in [0.1, 0.15) is 39.3 Å². The minimum absolute atomic E-state index is 0.117. The Labute approximate surface area is 224 Å². The second kappa shape index (κ2) is 10.4. The molecule has 7 nitrogen and oxygen atoms in total. The predicted octanol–water partition coefficient (Wildman–Crippen LogP) is 5.45. The summed E-state index contributed by atoms with van der Waals surface area (Å²) in [4.78, 5) is 18.8. The van der Waals surface area contributed by atoms with Crippen molar-refractivity contribution < 1.29 is 23.8 Å². The highest BCUT2D eigenvalue weighted by Gasteiger charge is 2.25. The van der Waals surface area contributed by atoms with E-state index in [0.717, 1.165) is 49.4 Å². The number of carbonyl (C=O) groups is 1. The van der Waals surface area contributed by atoms with Gasteiger partial charge in [0, 0.05) is 30.3 Å². The Balaban J connectivity index is 1.20. The van der Waals surface area contributed by atoms with Gasteiger partial charge in [-0.3, -0.25) is 4.90 Å². The van der Waals surface area contributed by atoms with Crippen molar-refractivity contribution in [3.05, 3.63) is 93.5 Å². The Hall–Kier alpha value is -3.46. The maximum Gasteiger partial charge on any atom is 0.335 e. The molecular formula is C29H27ClFN3O4. The fraction of sp³-hybridized carbons (Fsp3) is 0.310. The van der Waals surface area contributed by atoms with Crippen LogP contribution < -0.4 is 4.74 Å². The quantitative estimate of drug-likeness (QED) is 0.323. The van der Waals surface area contributed by atoms with Crippen molar-refractivity contribution in [1.29, 1.82) is 0 Å². The van der Waals surface area contributed by atoms with Crippen LogP contribution in [-0.2, 0) is 37.4 Å². The molecule has 4 aromatic rings. The number of imidazole rings is 1. The second-order valence-corrected chi connectivity index (χ2v) is 10.3. The van der Waals surface area contributed by atoms with E-state index in [2.05, 4.69) is 15.5 Å². The van der Waals surface area contributed by atoms with E-state index in [1.807, 2.05) is 12.1 Å². The van der Waals surface area contributed by atoms with Crippen molar-refractivity contribution in [1.82, 2.24) is 14.5 Å². The molecule has 0 spiro atoms. The number of halogens is 2. The maximum absolute atomic E-state index is 14.1. The van der Waals surface area contributed by atoms with Crippen molar-refractivity contribution in [3.8, 4) is 5.75 Å². The van der Waals surface area contributed by atoms with Crippen LogP contribution in [0.4, 0.5) is 4.39 Å². The molecular weight excluding hydrogens is 509 g/mol. The van der Waals surface area contributed by atoms with Crippen LogP contribution in [0, 0.1) is 5.82 Å². The zero-order chi connectivity index (χ0) is 26.2. The highest BCUT2D eigenvalue weighted by molar-refractivity contribution is 6.30. The van der Waals surface area contributed by atoms with Crippen molar-refractivity contribution >= 4 is 28.6 Å². The van der Waals surface area contributed by atoms with Gasteiger partial charge in [-0.05, 0) is 66.4 Å². The van der Waals surface area contributed by atoms with Gasteiger partial charge in [-0.25, -0.2) is 14.2 Å². The van der Waals surface area contributed by atoms with Crippen LogP contribution in [0.5, 0.6) is 5.75 Å². The molecule has 1 atom stereocenters. The molecule has 0 bridgehead atoms. The first-order valence-electron chi connectivity index (χ1n) is 12.7. The van der Waals surface area contributed by atoms with Gasteiger partial charge < -0.3 is 19.1 Å². The van der Waals surface area contributed by atoms with Crippen molar-refractivity contribution in [2.24, 2.45) is 0 Å². The summed E-state index contributed by atoms with van der Waals surface area (Å²) in [6, 6.07) is 15.7. The van der Waals surface area contributed by atoms with E-state index in [9.17, 15) is 14.3 Å². The van der Waals surface area contributed by atoms with Crippen molar-refractivity contribution in [2.45, 2.75) is 45.2 Å². The number of rotatable bonds is 8. The number of hydrogen-bond donors (Lipinski definition) is 1. The number of carboxylic acid groups (broad SMARTS) is 1. The lowest BCUT2D eigenvalue weighted by molar-refractivity contribution is -0.0592. The molecule has 0 saturated carbocycles. The minimum atomic E-state index is -0.953. The molecule has 0 aliphatic carbocycles. The molecule has 2 aliphatic rings. The van der Waals surface area contributed by atoms with Crippen LogP contribution in [0.2, 0.25) is 5.02 Å². The lowest BCUT2D eigenvalue weighted by atomic mass is 9.99. The van der Waals surface area contributed by atoms with Crippen LogP contribution in [0.15, 0.2) is 54.6 Å². The number of hydrogen-bond acceptors (Lipinski definition) is 5. The Morgan fingerprint density at radius 1 is 1.16 bits per heavy atom. The van der Waals surface area contributed by atoms with Gasteiger partial charge in [0.15, 0.2) is 0 Å². The third-order valence-electron chi connectivity index (χ3n) is 7.30. The molecule has 1 fully saturated rings. The van der Waals surface area contributed by atoms with E-state index in [-0.39, 0.29) is 24.1 Å². The molecule has 9 heteroatoms. The minimum Gasteiger partial charge on any atom is -0.489 e. The average molecular weight is 536 g/mol. The molecule has 1 N–H and O–H groups in total. The first-order chi connectivity index (χ1) is 18.4. The van der Waals surface area contributed by atoms with Gasteiger partial charge in [-0.1, -0.05) is 23.7 Å². The number of nitrogens with zero attached hydrogens (tertiary/aromatic N) is 3. The molecule has 1 aromatic heterocycles. The largest absolute Gasteiger partial charge is 0.489 e. The average Bonchev–Trinajstić information content (AvgIpc) is 3.21. The highest BCUT2D eigenvalue weighted by Crippen LogP contribution is 2.28. The number of aromatic carboxylic acids is 1. The van der Waals surface area contributed by atoms with Gasteiger partial charge in [0.25, 0.3) is 0 Å². The van der Waals surface area contributed by atoms with E-state index in [1.54, 1.807) is 30.3 Å². The number of aromatic nitrogens is 2. The van der Waals surface area contributed by atoms with E-state index in [0.29, 0.717) is 29.4 Å². The topological polar surface area (TPSA) is 76.8 Å². The Morgan fingerprint density at radius 2 is 2.03 bits per heavy atom. The molecule has 3 aromatic carbocycles. The van der Waals surface area contributed by atoms with Gasteiger partial charge in [0.05, 0.1) is 35.8 Å². The molecule has 3 heterocycles. The normalized spacial score (nSPS) is 17.3. The van der Waals surface area contributed by atoms with Gasteiger partial charge in [-0.2, -0.15) is 0 Å². The SMILES string of the molecule is O=C(O)c1ccc2nc(CN3CCc4ccc(OCc5ccc(Cl)cc5F)cc4C3)n(C[C@@H]3CCO3)c2c1. The molecule has 6 rings (SSSR count). The van der Waals surface area contributed by atoms with Gasteiger partial charge in [-0.15, -0.1) is 0 Å². The number of benzene rings is 3. The standard InChI is InChI=1S/C29H27ClFN3O4/c30-22-4-1-20(25(31)13-22)17-38-23-5-2-18-7-9-33(14-21(18)11-23)16-28-32-26-6-3-19(29(35)36)12-27(26)34(28)15-24-8-10-37-24/h1-6,11-13,24H,7-10,14-17H2,(H,35,36)/t24-/m0/s1. The van der Waals surface area contributed by atoms with Crippen molar-refractivity contribution in [2.75, 3.05) is 13.2 Å². The third kappa shape index (κ3) is 5.12. The first-order valence-corrected chi connectivity index (χ1v) is 13.1. The summed E-state index contributed by atoms with van der Waals surface area (Å²) < 4.78 is 27.8. The summed E-state index contributed by atoms with van der Waals surface area (Å²) in [7, 11) is 0. The molecule has 0 amide bonds. The second-order valence-electron chi connectivity index (χ2n) is 9.84. The molecule has 1 saturated heterocycles. The highest BCUT2D eigenvalue weighted by atomic mass is 35.5. The number of fused-ring (bicyclic) bond motifs is 2. The summed E-state index contributed by atoms with van der Waals surface area (Å²) in [6.07, 6.45) is 2.00. The third-order valence-corrected chi connectivity index (χ3v) is 7.53. The maximum atomic E-state index is 14.1. The lowest BCUT2D eigenvalue weighted by Gasteiger charge is -2.30. The molecule has 38 heavy (non-hydrogen) atoms. The predicted molar refractivity (Wildman–Crippen MR) is 141 cm³/mol. The van der Waals surface area contributed by atoms with Crippen molar-refractivity contribution in [3.63, 3.8) is 0 Å². The lowest BCUT2D eigenvalue weighted by Crippen LogP contribution is -2.34. The van der Waals surface area contributed by atoms with Crippen LogP contribution in [0.25, 0.3) is 11.0 Å². The molecule has 0 unspecified atom stereocenters. The monoisotopic (exact) mass is 535 g/mol. The fourth-order valence-corrected chi connectivity index (χ4v) is 5.24. The van der Waals surface area contributed by atoms with Crippen LogP contribution in [-0.4, -0.2) is 44.8 Å². The van der Waals surface area contributed by atoms with Gasteiger partial charge >= 0.3 is 5.97 Å². The summed E-state index contributed by atoms with van der Waals surface area (Å²) in [5.41, 5.74) is 4.74. The van der Waals surface area contributed by atoms with E-state index >= 15 is 0 Å². The van der Waals surface area contributed by atoms with Gasteiger partial charge in [0.1, 0.15) is 24.0 Å². The summed E-state index contributed by atoms with van der Waals surface area (Å²) in [5.74, 6) is 0.250. The van der Waals surface area contributed by atoms with E-state index in [4.69, 9.17) is 26.1 Å². The summed E-state index contributed by atoms with van der Waals surface area (Å²) in [6.45, 7) is 3.77. The van der Waals surface area contributed by atoms with Crippen LogP contribution in [0.3, 0.4) is 0 Å². The summed E-state index contributed by atoms with van der Waals surface area (Å²) in [5, 5.41) is 9.85. The number of carboxylic acids is 1. The Morgan fingerprint density at radius 3 is 2.79 bits per heavy atom. The Bertz CT molecular complexity index is 1520. The van der Waals surface area contributed by atoms with E-state index < -0.39 is 5.97 Å². The van der Waals surface area contributed by atoms with Crippen LogP contribution >= 0.6 is 11.6 Å². The molecule has 196 valence electrons. The van der Waals surface area contributed by atoms with E-state index in [1.165, 1.54) is 17.2 Å².